The summed E-state index contributed by atoms with van der Waals surface area (Å²) in [6.07, 6.45) is 1.88. The van der Waals surface area contributed by atoms with Crippen molar-refractivity contribution in [1.82, 2.24) is 14.6 Å². The largest absolute Gasteiger partial charge is 0.493 e. The fraction of sp³-hybridized carbons (Fsp3) is 0.130. The molecule has 6 nitrogen and oxygen atoms in total. The summed E-state index contributed by atoms with van der Waals surface area (Å²) in [4.78, 5) is 5.66. The molecule has 0 saturated carbocycles. The maximum atomic E-state index is 5.39. The van der Waals surface area contributed by atoms with Crippen LogP contribution in [0.15, 0.2) is 60.8 Å². The first-order chi connectivity index (χ1) is 14.6. The van der Waals surface area contributed by atoms with E-state index < -0.39 is 0 Å². The van der Waals surface area contributed by atoms with Crippen molar-refractivity contribution in [2.75, 3.05) is 19.5 Å². The molecule has 3 aromatic heterocycles. The van der Waals surface area contributed by atoms with Gasteiger partial charge in [0.1, 0.15) is 5.69 Å². The molecular weight excluding hydrogens is 396 g/mol. The molecule has 2 aromatic carbocycles. The number of fused-ring (bicyclic) bond motifs is 2. The van der Waals surface area contributed by atoms with Crippen molar-refractivity contribution in [3.05, 3.63) is 66.4 Å². The Labute approximate surface area is 177 Å². The number of rotatable bonds is 5. The molecular formula is C23H20N4O2S. The summed E-state index contributed by atoms with van der Waals surface area (Å²) in [6.45, 7) is 2.11. The monoisotopic (exact) mass is 416 g/mol. The summed E-state index contributed by atoms with van der Waals surface area (Å²) >= 11 is 1.75. The van der Waals surface area contributed by atoms with Gasteiger partial charge < -0.3 is 14.8 Å². The molecule has 0 radical (unpaired) electrons. The second-order valence-corrected chi connectivity index (χ2v) is 8.06. The Morgan fingerprint density at radius 1 is 0.933 bits per heavy atom. The Morgan fingerprint density at radius 2 is 1.80 bits per heavy atom. The number of methoxy groups -OCH3 is 2. The van der Waals surface area contributed by atoms with Gasteiger partial charge in [0, 0.05) is 16.5 Å². The third-order valence-electron chi connectivity index (χ3n) is 4.94. The van der Waals surface area contributed by atoms with Crippen LogP contribution in [0.25, 0.3) is 26.3 Å². The van der Waals surface area contributed by atoms with Gasteiger partial charge in [0.15, 0.2) is 23.0 Å². The first kappa shape index (κ1) is 18.4. The van der Waals surface area contributed by atoms with Gasteiger partial charge >= 0.3 is 0 Å². The number of hydrogen-bond donors (Lipinski definition) is 1. The fourth-order valence-electron chi connectivity index (χ4n) is 3.46. The lowest BCUT2D eigenvalue weighted by molar-refractivity contribution is 0.355. The number of aromatic nitrogens is 3. The summed E-state index contributed by atoms with van der Waals surface area (Å²) < 4.78 is 13.8. The summed E-state index contributed by atoms with van der Waals surface area (Å²) in [5, 5.41) is 9.34. The molecule has 0 aliphatic heterocycles. The molecule has 0 saturated heterocycles. The number of ether oxygens (including phenoxy) is 2. The number of benzene rings is 2. The quantitative estimate of drug-likeness (QED) is 0.399. The van der Waals surface area contributed by atoms with Crippen molar-refractivity contribution in [3.8, 4) is 22.1 Å². The van der Waals surface area contributed by atoms with E-state index in [0.29, 0.717) is 17.3 Å². The molecule has 0 atom stereocenters. The average Bonchev–Trinajstić information content (AvgIpc) is 3.36. The van der Waals surface area contributed by atoms with Crippen LogP contribution in [0.2, 0.25) is 0 Å². The zero-order valence-electron chi connectivity index (χ0n) is 16.8. The van der Waals surface area contributed by atoms with Crippen LogP contribution in [0.5, 0.6) is 11.5 Å². The summed E-state index contributed by atoms with van der Waals surface area (Å²) in [7, 11) is 3.24. The average molecular weight is 417 g/mol. The van der Waals surface area contributed by atoms with Gasteiger partial charge in [-0.05, 0) is 48.7 Å². The molecule has 150 valence electrons. The molecule has 7 heteroatoms. The number of aryl methyl sites for hydroxylation is 1. The molecule has 0 bridgehead atoms. The lowest BCUT2D eigenvalue weighted by atomic mass is 10.2. The number of hydrogen-bond acceptors (Lipinski definition) is 6. The van der Waals surface area contributed by atoms with Crippen molar-refractivity contribution < 1.29 is 9.47 Å². The maximum absolute atomic E-state index is 5.39. The molecule has 0 fully saturated rings. The van der Waals surface area contributed by atoms with E-state index in [4.69, 9.17) is 14.6 Å². The van der Waals surface area contributed by atoms with Gasteiger partial charge in [-0.1, -0.05) is 17.7 Å². The van der Waals surface area contributed by atoms with Gasteiger partial charge in [0.2, 0.25) is 0 Å². The minimum Gasteiger partial charge on any atom is -0.493 e. The van der Waals surface area contributed by atoms with Crippen LogP contribution in [0, 0.1) is 6.92 Å². The van der Waals surface area contributed by atoms with E-state index in [-0.39, 0.29) is 0 Å². The number of thiophene rings is 1. The maximum Gasteiger partial charge on any atom is 0.162 e. The Balaban J connectivity index is 1.52. The molecule has 3 heterocycles. The normalized spacial score (nSPS) is 11.2. The first-order valence-electron chi connectivity index (χ1n) is 9.49. The SMILES string of the molecule is COc1ccc(Nc2ccc3ncc(-c4cc5cc(C)ccc5s4)n3n2)cc1OC. The van der Waals surface area contributed by atoms with Crippen molar-refractivity contribution in [2.24, 2.45) is 0 Å². The van der Waals surface area contributed by atoms with Gasteiger partial charge in [-0.25, -0.2) is 9.50 Å². The molecule has 5 aromatic rings. The number of nitrogens with one attached hydrogen (secondary N) is 1. The Bertz CT molecular complexity index is 1370. The third-order valence-corrected chi connectivity index (χ3v) is 6.08. The smallest absolute Gasteiger partial charge is 0.162 e. The van der Waals surface area contributed by atoms with Gasteiger partial charge in [-0.2, -0.15) is 0 Å². The number of imidazole rings is 1. The van der Waals surface area contributed by atoms with Crippen LogP contribution in [0.4, 0.5) is 11.5 Å². The van der Waals surface area contributed by atoms with E-state index >= 15 is 0 Å². The summed E-state index contributed by atoms with van der Waals surface area (Å²) in [6, 6.07) is 18.3. The molecule has 5 rings (SSSR count). The highest BCUT2D eigenvalue weighted by molar-refractivity contribution is 7.22. The Morgan fingerprint density at radius 3 is 2.63 bits per heavy atom. The molecule has 0 aliphatic carbocycles. The Kier molecular flexibility index (Phi) is 4.52. The van der Waals surface area contributed by atoms with Crippen LogP contribution < -0.4 is 14.8 Å². The third kappa shape index (κ3) is 3.23. The summed E-state index contributed by atoms with van der Waals surface area (Å²) in [5.74, 6) is 2.06. The van der Waals surface area contributed by atoms with E-state index in [1.807, 2.05) is 41.0 Å². The highest BCUT2D eigenvalue weighted by Crippen LogP contribution is 2.35. The lowest BCUT2D eigenvalue weighted by Crippen LogP contribution is -2.00. The minimum atomic E-state index is 0.660. The molecule has 0 aliphatic rings. The topological polar surface area (TPSA) is 60.7 Å². The van der Waals surface area contributed by atoms with Crippen LogP contribution in [0.3, 0.4) is 0 Å². The highest BCUT2D eigenvalue weighted by atomic mass is 32.1. The molecule has 30 heavy (non-hydrogen) atoms. The Hall–Kier alpha value is -3.58. The zero-order chi connectivity index (χ0) is 20.7. The first-order valence-corrected chi connectivity index (χ1v) is 10.3. The van der Waals surface area contributed by atoms with Crippen LogP contribution in [0.1, 0.15) is 5.56 Å². The van der Waals surface area contributed by atoms with E-state index in [0.717, 1.165) is 21.9 Å². The number of anilines is 2. The lowest BCUT2D eigenvalue weighted by Gasteiger charge is -2.11. The second kappa shape index (κ2) is 7.35. The van der Waals surface area contributed by atoms with Crippen LogP contribution in [-0.2, 0) is 0 Å². The predicted octanol–water partition coefficient (Wildman–Crippen LogP) is 5.68. The standard InChI is InChI=1S/C23H20N4O2S/c1-14-4-7-20-15(10-14)11-21(30-20)17-13-24-23-9-8-22(26-27(17)23)25-16-5-6-18(28-2)19(12-16)29-3/h4-13H,1-3H3,(H,25,26). The number of nitrogens with zero attached hydrogens (tertiary/aromatic N) is 3. The fourth-order valence-corrected chi connectivity index (χ4v) is 4.50. The van der Waals surface area contributed by atoms with E-state index in [1.54, 1.807) is 25.6 Å². The summed E-state index contributed by atoms with van der Waals surface area (Å²) in [5.41, 5.74) is 3.89. The molecule has 0 spiro atoms. The van der Waals surface area contributed by atoms with Crippen LogP contribution >= 0.6 is 11.3 Å². The molecule has 0 amide bonds. The van der Waals surface area contributed by atoms with Crippen molar-refractivity contribution in [1.29, 1.82) is 0 Å². The van der Waals surface area contributed by atoms with Gasteiger partial charge in [-0.3, -0.25) is 0 Å². The van der Waals surface area contributed by atoms with E-state index in [2.05, 4.69) is 41.5 Å². The van der Waals surface area contributed by atoms with E-state index in [1.165, 1.54) is 15.6 Å². The van der Waals surface area contributed by atoms with Crippen molar-refractivity contribution in [3.63, 3.8) is 0 Å². The van der Waals surface area contributed by atoms with Crippen LogP contribution in [-0.4, -0.2) is 28.8 Å². The van der Waals surface area contributed by atoms with Crippen molar-refractivity contribution in [2.45, 2.75) is 6.92 Å². The van der Waals surface area contributed by atoms with Gasteiger partial charge in [0.05, 0.1) is 25.3 Å². The molecule has 0 unspecified atom stereocenters. The minimum absolute atomic E-state index is 0.660. The second-order valence-electron chi connectivity index (χ2n) is 6.98. The van der Waals surface area contributed by atoms with E-state index in [9.17, 15) is 0 Å². The van der Waals surface area contributed by atoms with Gasteiger partial charge in [0.25, 0.3) is 0 Å². The highest BCUT2D eigenvalue weighted by Gasteiger charge is 2.12. The predicted molar refractivity (Wildman–Crippen MR) is 121 cm³/mol. The molecule has 1 N–H and O–H groups in total. The zero-order valence-corrected chi connectivity index (χ0v) is 17.7. The van der Waals surface area contributed by atoms with Crippen molar-refractivity contribution >= 4 is 38.6 Å². The van der Waals surface area contributed by atoms with Gasteiger partial charge in [-0.15, -0.1) is 16.4 Å².